The number of carboxylic acid groups (broad SMARTS) is 1. The summed E-state index contributed by atoms with van der Waals surface area (Å²) >= 11 is 0. The van der Waals surface area contributed by atoms with E-state index in [-0.39, 0.29) is 0 Å². The highest BCUT2D eigenvalue weighted by Gasteiger charge is 2.28. The van der Waals surface area contributed by atoms with Crippen LogP contribution in [0.3, 0.4) is 0 Å². The highest BCUT2D eigenvalue weighted by Crippen LogP contribution is 2.33. The maximum atomic E-state index is 12.0. The van der Waals surface area contributed by atoms with Crippen molar-refractivity contribution in [2.45, 2.75) is 31.9 Å². The minimum absolute atomic E-state index is 0.302. The molecule has 1 unspecified atom stereocenters. The van der Waals surface area contributed by atoms with Crippen LogP contribution in [0.15, 0.2) is 109 Å². The van der Waals surface area contributed by atoms with Crippen molar-refractivity contribution < 1.29 is 24.5 Å². The van der Waals surface area contributed by atoms with Gasteiger partial charge in [0.15, 0.2) is 11.5 Å². The van der Waals surface area contributed by atoms with Gasteiger partial charge in [0, 0.05) is 6.54 Å². The molecule has 184 valence electrons. The molecular weight excluding hydrogens is 454 g/mol. The molecule has 0 spiro atoms. The summed E-state index contributed by atoms with van der Waals surface area (Å²) in [4.78, 5) is 12.0. The Bertz CT molecular complexity index is 1230. The van der Waals surface area contributed by atoms with Crippen molar-refractivity contribution >= 4 is 5.97 Å². The number of ether oxygens (including phenoxy) is 2. The lowest BCUT2D eigenvalue weighted by atomic mass is 10.0. The molecule has 0 aliphatic heterocycles. The van der Waals surface area contributed by atoms with Crippen molar-refractivity contribution in [1.29, 1.82) is 0 Å². The van der Waals surface area contributed by atoms with E-state index < -0.39 is 18.1 Å². The molecule has 0 radical (unpaired) electrons. The second kappa shape index (κ2) is 12.5. The Hall–Kier alpha value is -4.13. The summed E-state index contributed by atoms with van der Waals surface area (Å²) in [6.45, 7) is 0.960. The average Bonchev–Trinajstić information content (AvgIpc) is 2.92. The second-order valence-corrected chi connectivity index (χ2v) is 8.38. The van der Waals surface area contributed by atoms with Gasteiger partial charge in [-0.05, 0) is 34.4 Å². The minimum Gasteiger partial charge on any atom is -0.485 e. The number of carboxylic acids is 1. The summed E-state index contributed by atoms with van der Waals surface area (Å²) in [7, 11) is 0. The molecule has 4 aromatic rings. The zero-order valence-electron chi connectivity index (χ0n) is 19.8. The standard InChI is InChI=1S/C30H29NO5/c32-29(28(30(33)34)31-19-22-10-4-1-5-11-22)25-16-17-26(35-20-23-12-6-2-7-13-23)27(18-25)36-21-24-14-8-3-9-15-24/h1-18,28-29,31-32H,19-21H2,(H,33,34)/t28-,29?/m0/s1. The Morgan fingerprint density at radius 1 is 0.694 bits per heavy atom. The summed E-state index contributed by atoms with van der Waals surface area (Å²) in [5.41, 5.74) is 3.32. The van der Waals surface area contributed by atoms with E-state index in [4.69, 9.17) is 9.47 Å². The van der Waals surface area contributed by atoms with Gasteiger partial charge in [0.25, 0.3) is 0 Å². The first kappa shape index (κ1) is 25.0. The van der Waals surface area contributed by atoms with E-state index in [0.717, 1.165) is 16.7 Å². The van der Waals surface area contributed by atoms with Gasteiger partial charge in [-0.2, -0.15) is 0 Å². The normalized spacial score (nSPS) is 12.5. The molecule has 0 aliphatic rings. The lowest BCUT2D eigenvalue weighted by Crippen LogP contribution is -2.41. The van der Waals surface area contributed by atoms with Crippen LogP contribution >= 0.6 is 0 Å². The lowest BCUT2D eigenvalue weighted by molar-refractivity contribution is -0.142. The molecular formula is C30H29NO5. The van der Waals surface area contributed by atoms with Crippen LogP contribution in [0.4, 0.5) is 0 Å². The Morgan fingerprint density at radius 2 is 1.19 bits per heavy atom. The maximum absolute atomic E-state index is 12.0. The maximum Gasteiger partial charge on any atom is 0.323 e. The number of aliphatic hydroxyl groups excluding tert-OH is 1. The van der Waals surface area contributed by atoms with Crippen molar-refractivity contribution in [3.05, 3.63) is 131 Å². The number of aliphatic hydroxyl groups is 1. The molecule has 4 rings (SSSR count). The smallest absolute Gasteiger partial charge is 0.323 e. The van der Waals surface area contributed by atoms with E-state index in [1.807, 2.05) is 91.0 Å². The number of benzene rings is 4. The van der Waals surface area contributed by atoms with Gasteiger partial charge in [-0.3, -0.25) is 10.1 Å². The van der Waals surface area contributed by atoms with E-state index in [0.29, 0.717) is 36.8 Å². The molecule has 0 aromatic heterocycles. The van der Waals surface area contributed by atoms with E-state index in [1.165, 1.54) is 0 Å². The Kier molecular flexibility index (Phi) is 8.70. The van der Waals surface area contributed by atoms with Crippen LogP contribution in [0.25, 0.3) is 0 Å². The molecule has 0 saturated carbocycles. The van der Waals surface area contributed by atoms with Gasteiger partial charge in [-0.25, -0.2) is 0 Å². The Morgan fingerprint density at radius 3 is 1.72 bits per heavy atom. The molecule has 0 amide bonds. The first-order valence-corrected chi connectivity index (χ1v) is 11.8. The zero-order chi connectivity index (χ0) is 25.2. The van der Waals surface area contributed by atoms with Gasteiger partial charge < -0.3 is 19.7 Å². The molecule has 0 aliphatic carbocycles. The number of hydrogen-bond acceptors (Lipinski definition) is 5. The molecule has 4 aromatic carbocycles. The first-order chi connectivity index (χ1) is 17.6. The minimum atomic E-state index is -1.30. The summed E-state index contributed by atoms with van der Waals surface area (Å²) in [6, 6.07) is 32.7. The van der Waals surface area contributed by atoms with Gasteiger partial charge in [0.2, 0.25) is 0 Å². The van der Waals surface area contributed by atoms with Gasteiger partial charge in [0.05, 0.1) is 0 Å². The van der Waals surface area contributed by atoms with Crippen LogP contribution < -0.4 is 14.8 Å². The zero-order valence-corrected chi connectivity index (χ0v) is 19.8. The van der Waals surface area contributed by atoms with Crippen LogP contribution in [0, 0.1) is 0 Å². The molecule has 6 heteroatoms. The highest BCUT2D eigenvalue weighted by molar-refractivity contribution is 5.74. The van der Waals surface area contributed by atoms with Gasteiger partial charge in [0.1, 0.15) is 25.4 Å². The number of carbonyl (C=O) groups is 1. The third-order valence-corrected chi connectivity index (χ3v) is 5.73. The van der Waals surface area contributed by atoms with Crippen LogP contribution in [-0.4, -0.2) is 22.2 Å². The molecule has 0 heterocycles. The SMILES string of the molecule is O=C(O)[C@@H](NCc1ccccc1)C(O)c1ccc(OCc2ccccc2)c(OCc2ccccc2)c1. The molecule has 0 saturated heterocycles. The first-order valence-electron chi connectivity index (χ1n) is 11.8. The highest BCUT2D eigenvalue weighted by atomic mass is 16.5. The summed E-state index contributed by atoms with van der Waals surface area (Å²) < 4.78 is 12.1. The predicted octanol–water partition coefficient (Wildman–Crippen LogP) is 5.12. The second-order valence-electron chi connectivity index (χ2n) is 8.38. The lowest BCUT2D eigenvalue weighted by Gasteiger charge is -2.22. The monoisotopic (exact) mass is 483 g/mol. The topological polar surface area (TPSA) is 88.0 Å². The van der Waals surface area contributed by atoms with Crippen LogP contribution in [0.2, 0.25) is 0 Å². The molecule has 3 N–H and O–H groups in total. The summed E-state index contributed by atoms with van der Waals surface area (Å²) in [5.74, 6) is -0.206. The third kappa shape index (κ3) is 6.95. The number of rotatable bonds is 12. The van der Waals surface area contributed by atoms with Crippen molar-refractivity contribution in [2.75, 3.05) is 0 Å². The van der Waals surface area contributed by atoms with E-state index in [2.05, 4.69) is 5.32 Å². The average molecular weight is 484 g/mol. The number of hydrogen-bond donors (Lipinski definition) is 3. The fourth-order valence-electron chi connectivity index (χ4n) is 3.76. The molecule has 0 fully saturated rings. The van der Waals surface area contributed by atoms with Crippen LogP contribution in [-0.2, 0) is 24.6 Å². The molecule has 0 bridgehead atoms. The van der Waals surface area contributed by atoms with Crippen molar-refractivity contribution in [3.8, 4) is 11.5 Å². The number of nitrogens with one attached hydrogen (secondary N) is 1. The summed E-state index contributed by atoms with van der Waals surface area (Å²) in [6.07, 6.45) is -1.30. The quantitative estimate of drug-likeness (QED) is 0.259. The van der Waals surface area contributed by atoms with E-state index in [9.17, 15) is 15.0 Å². The van der Waals surface area contributed by atoms with Gasteiger partial charge >= 0.3 is 5.97 Å². The number of aliphatic carboxylic acids is 1. The van der Waals surface area contributed by atoms with Crippen molar-refractivity contribution in [1.82, 2.24) is 5.32 Å². The Labute approximate surface area is 210 Å². The molecule has 6 nitrogen and oxygen atoms in total. The van der Waals surface area contributed by atoms with Crippen LogP contribution in [0.1, 0.15) is 28.4 Å². The van der Waals surface area contributed by atoms with Crippen LogP contribution in [0.5, 0.6) is 11.5 Å². The fraction of sp³-hybridized carbons (Fsp3) is 0.167. The largest absolute Gasteiger partial charge is 0.485 e. The predicted molar refractivity (Wildman–Crippen MR) is 138 cm³/mol. The van der Waals surface area contributed by atoms with Crippen molar-refractivity contribution in [3.63, 3.8) is 0 Å². The van der Waals surface area contributed by atoms with E-state index in [1.54, 1.807) is 18.2 Å². The Balaban J connectivity index is 1.53. The molecule has 36 heavy (non-hydrogen) atoms. The van der Waals surface area contributed by atoms with E-state index >= 15 is 0 Å². The van der Waals surface area contributed by atoms with Gasteiger partial charge in [-0.1, -0.05) is 97.1 Å². The summed E-state index contributed by atoms with van der Waals surface area (Å²) in [5, 5.41) is 23.7. The van der Waals surface area contributed by atoms with Gasteiger partial charge in [-0.15, -0.1) is 0 Å². The molecule has 2 atom stereocenters. The fourth-order valence-corrected chi connectivity index (χ4v) is 3.76. The third-order valence-electron chi connectivity index (χ3n) is 5.73. The van der Waals surface area contributed by atoms with Crippen molar-refractivity contribution in [2.24, 2.45) is 0 Å².